The van der Waals surface area contributed by atoms with Crippen LogP contribution in [0.25, 0.3) is 21.9 Å². The number of nitrogens with zero attached hydrogens (tertiary/aromatic N) is 7. The highest BCUT2D eigenvalue weighted by Gasteiger charge is 2.22. The summed E-state index contributed by atoms with van der Waals surface area (Å²) in [7, 11) is 0. The molecule has 10 nitrogen and oxygen atoms in total. The Balaban J connectivity index is 1.47. The topological polar surface area (TPSA) is 125 Å². The van der Waals surface area contributed by atoms with Gasteiger partial charge < -0.3 is 25.0 Å². The number of rotatable bonds is 5. The summed E-state index contributed by atoms with van der Waals surface area (Å²) < 4.78 is 1.97. The largest absolute Gasteiger partial charge is 0.394 e. The number of β-amino-alcohol motifs (C(OH)–C–C–N with tert-alkyl or cyclic N) is 1. The van der Waals surface area contributed by atoms with E-state index in [9.17, 15) is 10.2 Å². The predicted octanol–water partition coefficient (Wildman–Crippen LogP) is 1.64. The zero-order chi connectivity index (χ0) is 20.7. The number of aromatic nitrogens is 6. The van der Waals surface area contributed by atoms with Crippen molar-refractivity contribution in [2.24, 2.45) is 0 Å². The van der Waals surface area contributed by atoms with Crippen molar-refractivity contribution < 1.29 is 10.2 Å². The molecule has 4 aromatic rings. The molecule has 1 fully saturated rings. The van der Waals surface area contributed by atoms with E-state index < -0.39 is 0 Å². The molecule has 5 rings (SSSR count). The molecule has 0 bridgehead atoms. The molecule has 0 amide bonds. The third-order valence-electron chi connectivity index (χ3n) is 5.43. The van der Waals surface area contributed by atoms with E-state index in [4.69, 9.17) is 0 Å². The summed E-state index contributed by atoms with van der Waals surface area (Å²) in [4.78, 5) is 15.3. The lowest BCUT2D eigenvalue weighted by atomic mass is 10.2. The van der Waals surface area contributed by atoms with Crippen LogP contribution in [0, 0.1) is 0 Å². The fraction of sp³-hybridized carbons (Fsp3) is 0.350. The van der Waals surface area contributed by atoms with Crippen LogP contribution in [0.1, 0.15) is 19.4 Å². The van der Waals surface area contributed by atoms with E-state index >= 15 is 0 Å². The third-order valence-corrected chi connectivity index (χ3v) is 5.43. The second-order valence-corrected chi connectivity index (χ2v) is 7.52. The quantitative estimate of drug-likeness (QED) is 0.453. The first kappa shape index (κ1) is 18.6. The number of aliphatic hydroxyl groups excluding tert-OH is 2. The van der Waals surface area contributed by atoms with Crippen LogP contribution in [0.4, 0.5) is 17.6 Å². The van der Waals surface area contributed by atoms with Gasteiger partial charge in [0.05, 0.1) is 30.5 Å². The van der Waals surface area contributed by atoms with Crippen LogP contribution < -0.4 is 10.2 Å². The number of hydrogen-bond donors (Lipinski definition) is 3. The Hall–Kier alpha value is -3.37. The number of hydrogen-bond acceptors (Lipinski definition) is 9. The van der Waals surface area contributed by atoms with Crippen molar-refractivity contribution in [2.45, 2.75) is 25.5 Å². The molecule has 1 saturated heterocycles. The van der Waals surface area contributed by atoms with Gasteiger partial charge in [-0.15, -0.1) is 10.2 Å². The highest BCUT2D eigenvalue weighted by molar-refractivity contribution is 6.06. The zero-order valence-electron chi connectivity index (χ0n) is 16.5. The molecule has 1 aliphatic rings. The first-order chi connectivity index (χ1) is 14.6. The molecular formula is C20H22N8O2. The molecule has 5 heterocycles. The first-order valence-corrected chi connectivity index (χ1v) is 9.89. The van der Waals surface area contributed by atoms with Crippen molar-refractivity contribution in [2.75, 3.05) is 29.9 Å². The standard InChI is InChI=1S/C20H22N8O2/c1-12(11-29)28-16-9-21-6-4-14(16)15-8-22-20(24-19(15)28)23-17-2-3-18(26-25-17)27-7-5-13(30)10-27/h2-4,6,8-9,12-13,29-30H,5,7,10-11H2,1H3,(H,22,23,24,25)/t12-,13-/m1/s1. The van der Waals surface area contributed by atoms with Gasteiger partial charge in [-0.05, 0) is 31.5 Å². The summed E-state index contributed by atoms with van der Waals surface area (Å²) >= 11 is 0. The van der Waals surface area contributed by atoms with Crippen molar-refractivity contribution in [3.8, 4) is 0 Å². The molecule has 2 atom stereocenters. The lowest BCUT2D eigenvalue weighted by Crippen LogP contribution is -2.22. The molecular weight excluding hydrogens is 384 g/mol. The van der Waals surface area contributed by atoms with Crippen molar-refractivity contribution >= 4 is 39.5 Å². The Kier molecular flexibility index (Phi) is 4.64. The Morgan fingerprint density at radius 1 is 1.20 bits per heavy atom. The molecule has 0 unspecified atom stereocenters. The number of nitrogens with one attached hydrogen (secondary N) is 1. The molecule has 4 aromatic heterocycles. The van der Waals surface area contributed by atoms with Crippen molar-refractivity contribution in [1.29, 1.82) is 0 Å². The fourth-order valence-corrected chi connectivity index (χ4v) is 3.88. The molecule has 1 aliphatic heterocycles. The summed E-state index contributed by atoms with van der Waals surface area (Å²) in [5.74, 6) is 1.65. The minimum Gasteiger partial charge on any atom is -0.394 e. The summed E-state index contributed by atoms with van der Waals surface area (Å²) in [5, 5.41) is 32.9. The Morgan fingerprint density at radius 3 is 2.83 bits per heavy atom. The lowest BCUT2D eigenvalue weighted by Gasteiger charge is -2.15. The Morgan fingerprint density at radius 2 is 2.10 bits per heavy atom. The first-order valence-electron chi connectivity index (χ1n) is 9.89. The molecule has 3 N–H and O–H groups in total. The fourth-order valence-electron chi connectivity index (χ4n) is 3.88. The van der Waals surface area contributed by atoms with Gasteiger partial charge in [0.1, 0.15) is 5.65 Å². The zero-order valence-corrected chi connectivity index (χ0v) is 16.5. The minimum atomic E-state index is -0.312. The molecule has 154 valence electrons. The minimum absolute atomic E-state index is 0.0152. The average molecular weight is 406 g/mol. The van der Waals surface area contributed by atoms with Gasteiger partial charge >= 0.3 is 0 Å². The summed E-state index contributed by atoms with van der Waals surface area (Å²) in [6, 6.07) is 5.44. The van der Waals surface area contributed by atoms with Crippen LogP contribution in [0.5, 0.6) is 0 Å². The van der Waals surface area contributed by atoms with E-state index in [1.54, 1.807) is 18.6 Å². The van der Waals surface area contributed by atoms with Gasteiger partial charge in [0.15, 0.2) is 11.6 Å². The van der Waals surface area contributed by atoms with Crippen molar-refractivity contribution in [3.05, 3.63) is 36.8 Å². The van der Waals surface area contributed by atoms with Gasteiger partial charge in [-0.3, -0.25) is 4.98 Å². The van der Waals surface area contributed by atoms with Gasteiger partial charge in [-0.2, -0.15) is 4.98 Å². The molecule has 10 heteroatoms. The SMILES string of the molecule is C[C@H](CO)n1c2cnccc2c2cnc(Nc3ccc(N4CC[C@@H](O)C4)nn3)nc21. The van der Waals surface area contributed by atoms with E-state index in [1.165, 1.54) is 0 Å². The van der Waals surface area contributed by atoms with Gasteiger partial charge in [-0.1, -0.05) is 0 Å². The van der Waals surface area contributed by atoms with E-state index in [0.717, 1.165) is 35.1 Å². The van der Waals surface area contributed by atoms with E-state index in [0.29, 0.717) is 24.0 Å². The predicted molar refractivity (Wildman–Crippen MR) is 113 cm³/mol. The molecule has 30 heavy (non-hydrogen) atoms. The van der Waals surface area contributed by atoms with Crippen LogP contribution >= 0.6 is 0 Å². The van der Waals surface area contributed by atoms with Crippen LogP contribution in [0.15, 0.2) is 36.8 Å². The third kappa shape index (κ3) is 3.19. The molecule has 0 aromatic carbocycles. The molecule has 0 spiro atoms. The average Bonchev–Trinajstić information content (AvgIpc) is 3.35. The second kappa shape index (κ2) is 7.47. The van der Waals surface area contributed by atoms with Gasteiger partial charge in [0.2, 0.25) is 5.95 Å². The normalized spacial score (nSPS) is 17.7. The smallest absolute Gasteiger partial charge is 0.230 e. The summed E-state index contributed by atoms with van der Waals surface area (Å²) in [5.41, 5.74) is 1.62. The van der Waals surface area contributed by atoms with E-state index in [-0.39, 0.29) is 18.8 Å². The van der Waals surface area contributed by atoms with Gasteiger partial charge in [0, 0.05) is 36.3 Å². The number of aliphatic hydroxyl groups is 2. The summed E-state index contributed by atoms with van der Waals surface area (Å²) in [6.45, 7) is 3.26. The maximum Gasteiger partial charge on any atom is 0.230 e. The highest BCUT2D eigenvalue weighted by Crippen LogP contribution is 2.30. The van der Waals surface area contributed by atoms with E-state index in [1.807, 2.05) is 34.6 Å². The molecule has 0 radical (unpaired) electrons. The monoisotopic (exact) mass is 406 g/mol. The van der Waals surface area contributed by atoms with Crippen molar-refractivity contribution in [1.82, 2.24) is 29.7 Å². The molecule has 0 aliphatic carbocycles. The Labute approximate surface area is 172 Å². The summed E-state index contributed by atoms with van der Waals surface area (Å²) in [6.07, 6.45) is 5.70. The molecule has 0 saturated carbocycles. The second-order valence-electron chi connectivity index (χ2n) is 7.52. The maximum absolute atomic E-state index is 9.72. The van der Waals surface area contributed by atoms with E-state index in [2.05, 4.69) is 30.5 Å². The number of pyridine rings is 1. The number of fused-ring (bicyclic) bond motifs is 3. The van der Waals surface area contributed by atoms with Crippen LogP contribution in [0.2, 0.25) is 0 Å². The maximum atomic E-state index is 9.72. The van der Waals surface area contributed by atoms with Gasteiger partial charge in [0.25, 0.3) is 0 Å². The van der Waals surface area contributed by atoms with Crippen LogP contribution in [-0.4, -0.2) is 65.7 Å². The lowest BCUT2D eigenvalue weighted by molar-refractivity contribution is 0.198. The number of anilines is 3. The van der Waals surface area contributed by atoms with Crippen LogP contribution in [0.3, 0.4) is 0 Å². The highest BCUT2D eigenvalue weighted by atomic mass is 16.3. The van der Waals surface area contributed by atoms with Crippen LogP contribution in [-0.2, 0) is 0 Å². The Bertz CT molecular complexity index is 1190. The van der Waals surface area contributed by atoms with Gasteiger partial charge in [-0.25, -0.2) is 4.98 Å². The van der Waals surface area contributed by atoms with Crippen molar-refractivity contribution in [3.63, 3.8) is 0 Å².